The topological polar surface area (TPSA) is 138 Å². The summed E-state index contributed by atoms with van der Waals surface area (Å²) in [6.45, 7) is 2.03. The van der Waals surface area contributed by atoms with Crippen molar-refractivity contribution >= 4 is 12.1 Å². The Kier molecular flexibility index (Phi) is 6.12. The first-order valence-electron chi connectivity index (χ1n) is 8.65. The summed E-state index contributed by atoms with van der Waals surface area (Å²) in [4.78, 5) is 13.1. The fraction of sp³-hybridized carbons (Fsp3) is 0.158. The minimum absolute atomic E-state index is 0.0269. The van der Waals surface area contributed by atoms with Crippen molar-refractivity contribution in [3.63, 3.8) is 0 Å². The van der Waals surface area contributed by atoms with Gasteiger partial charge in [0.05, 0.1) is 24.5 Å². The molecule has 3 rings (SSSR count). The number of ether oxygens (including phenoxy) is 1. The highest BCUT2D eigenvalue weighted by Crippen LogP contribution is 2.26. The van der Waals surface area contributed by atoms with Gasteiger partial charge in [-0.1, -0.05) is 12.1 Å². The van der Waals surface area contributed by atoms with Crippen molar-refractivity contribution in [3.05, 3.63) is 53.6 Å². The Morgan fingerprint density at radius 2 is 2.21 bits per heavy atom. The number of hydrogen-bond donors (Lipinski definition) is 2. The highest BCUT2D eigenvalue weighted by atomic mass is 16.5. The van der Waals surface area contributed by atoms with Crippen LogP contribution in [0.4, 0.5) is 0 Å². The average Bonchev–Trinajstić information content (AvgIpc) is 3.18. The number of carbonyl (C=O) groups is 1. The molecule has 0 aliphatic rings. The van der Waals surface area contributed by atoms with Crippen LogP contribution in [0.15, 0.2) is 47.6 Å². The van der Waals surface area contributed by atoms with Gasteiger partial charge in [-0.25, -0.2) is 5.43 Å². The maximum atomic E-state index is 12.0. The summed E-state index contributed by atoms with van der Waals surface area (Å²) in [6, 6.07) is 13.6. The summed E-state index contributed by atoms with van der Waals surface area (Å²) in [5.74, 6) is 0.160. The Hall–Kier alpha value is -4.26. The lowest BCUT2D eigenvalue weighted by Crippen LogP contribution is -2.24. The lowest BCUT2D eigenvalue weighted by atomic mass is 10.1. The normalized spacial score (nSPS) is 10.6. The molecular weight excluding hydrogens is 374 g/mol. The fourth-order valence-electron chi connectivity index (χ4n) is 2.42. The van der Waals surface area contributed by atoms with E-state index < -0.39 is 5.91 Å². The molecule has 10 heteroatoms. The standard InChI is InChI=1S/C19H17N7O3/c1-2-29-17-9-13(7-8-16(17)27)11-21-22-18(28)12-26-24-19(23-25-26)15-6-4-3-5-14(15)10-20/h3-9,11,27H,2,12H2,1H3,(H,22,28). The fourth-order valence-corrected chi connectivity index (χ4v) is 2.42. The van der Waals surface area contributed by atoms with Crippen molar-refractivity contribution in [2.75, 3.05) is 6.61 Å². The largest absolute Gasteiger partial charge is 0.504 e. The number of aromatic hydroxyl groups is 1. The predicted octanol–water partition coefficient (Wildman–Crippen LogP) is 1.47. The average molecular weight is 391 g/mol. The van der Waals surface area contributed by atoms with E-state index in [2.05, 4.69) is 32.0 Å². The molecule has 146 valence electrons. The van der Waals surface area contributed by atoms with Crippen molar-refractivity contribution in [2.45, 2.75) is 13.5 Å². The highest BCUT2D eigenvalue weighted by Gasteiger charge is 2.12. The van der Waals surface area contributed by atoms with Crippen LogP contribution in [0.1, 0.15) is 18.1 Å². The van der Waals surface area contributed by atoms with Gasteiger partial charge in [-0.3, -0.25) is 4.79 Å². The SMILES string of the molecule is CCOc1cc(C=NNC(=O)Cn2nnc(-c3ccccc3C#N)n2)ccc1O. The van der Waals surface area contributed by atoms with Crippen molar-refractivity contribution in [1.82, 2.24) is 25.6 Å². The Labute approximate surface area is 166 Å². The van der Waals surface area contributed by atoms with Gasteiger partial charge in [0.25, 0.3) is 5.91 Å². The number of aromatic nitrogens is 4. The van der Waals surface area contributed by atoms with Gasteiger partial charge < -0.3 is 9.84 Å². The second-order valence-electron chi connectivity index (χ2n) is 5.75. The molecule has 0 saturated carbocycles. The Balaban J connectivity index is 1.61. The third-order valence-corrected chi connectivity index (χ3v) is 3.71. The van der Waals surface area contributed by atoms with E-state index in [1.165, 1.54) is 12.3 Å². The molecule has 0 aliphatic carbocycles. The minimum Gasteiger partial charge on any atom is -0.504 e. The summed E-state index contributed by atoms with van der Waals surface area (Å²) in [5.41, 5.74) is 3.96. The monoisotopic (exact) mass is 391 g/mol. The van der Waals surface area contributed by atoms with Crippen molar-refractivity contribution in [2.24, 2.45) is 5.10 Å². The molecule has 2 N–H and O–H groups in total. The highest BCUT2D eigenvalue weighted by molar-refractivity contribution is 5.83. The quantitative estimate of drug-likeness (QED) is 0.459. The molecule has 0 aliphatic heterocycles. The van der Waals surface area contributed by atoms with E-state index >= 15 is 0 Å². The molecular formula is C19H17N7O3. The third-order valence-electron chi connectivity index (χ3n) is 3.71. The molecule has 1 heterocycles. The number of tetrazole rings is 1. The molecule has 10 nitrogen and oxygen atoms in total. The Bertz CT molecular complexity index is 1090. The summed E-state index contributed by atoms with van der Waals surface area (Å²) < 4.78 is 5.29. The maximum Gasteiger partial charge on any atom is 0.263 e. The molecule has 0 radical (unpaired) electrons. The molecule has 29 heavy (non-hydrogen) atoms. The number of hydrogen-bond acceptors (Lipinski definition) is 8. The van der Waals surface area contributed by atoms with Crippen LogP contribution in [-0.4, -0.2) is 44.0 Å². The number of rotatable bonds is 7. The molecule has 0 unspecified atom stereocenters. The van der Waals surface area contributed by atoms with Gasteiger partial charge in [0.15, 0.2) is 11.5 Å². The lowest BCUT2D eigenvalue weighted by Gasteiger charge is -2.06. The van der Waals surface area contributed by atoms with Crippen LogP contribution in [0.25, 0.3) is 11.4 Å². The molecule has 0 spiro atoms. The lowest BCUT2D eigenvalue weighted by molar-refractivity contribution is -0.122. The van der Waals surface area contributed by atoms with E-state index in [9.17, 15) is 9.90 Å². The van der Waals surface area contributed by atoms with Gasteiger partial charge >= 0.3 is 0 Å². The van der Waals surface area contributed by atoms with Crippen LogP contribution >= 0.6 is 0 Å². The number of nitrogens with zero attached hydrogens (tertiary/aromatic N) is 6. The molecule has 0 atom stereocenters. The number of phenols is 1. The first-order valence-corrected chi connectivity index (χ1v) is 8.65. The number of nitriles is 1. The smallest absolute Gasteiger partial charge is 0.263 e. The van der Waals surface area contributed by atoms with Crippen LogP contribution in [0, 0.1) is 11.3 Å². The van der Waals surface area contributed by atoms with Crippen molar-refractivity contribution in [3.8, 4) is 29.0 Å². The van der Waals surface area contributed by atoms with E-state index in [1.807, 2.05) is 6.92 Å². The van der Waals surface area contributed by atoms with E-state index in [0.717, 1.165) is 4.80 Å². The second-order valence-corrected chi connectivity index (χ2v) is 5.75. The summed E-state index contributed by atoms with van der Waals surface area (Å²) >= 11 is 0. The van der Waals surface area contributed by atoms with Gasteiger partial charge in [0.1, 0.15) is 6.54 Å². The summed E-state index contributed by atoms with van der Waals surface area (Å²) in [7, 11) is 0. The van der Waals surface area contributed by atoms with Gasteiger partial charge in [-0.2, -0.15) is 15.2 Å². The summed E-state index contributed by atoms with van der Waals surface area (Å²) in [6.07, 6.45) is 1.42. The molecule has 0 fully saturated rings. The molecule has 3 aromatic rings. The van der Waals surface area contributed by atoms with Crippen LogP contribution in [0.2, 0.25) is 0 Å². The summed E-state index contributed by atoms with van der Waals surface area (Å²) in [5, 5.41) is 34.5. The van der Waals surface area contributed by atoms with Gasteiger partial charge in [0, 0.05) is 5.56 Å². The zero-order valence-corrected chi connectivity index (χ0v) is 15.5. The number of benzene rings is 2. The zero-order valence-electron chi connectivity index (χ0n) is 15.5. The number of hydrazone groups is 1. The first kappa shape index (κ1) is 19.5. The van der Waals surface area contributed by atoms with Crippen LogP contribution in [0.3, 0.4) is 0 Å². The molecule has 0 saturated heterocycles. The van der Waals surface area contributed by atoms with Gasteiger partial charge in [0.2, 0.25) is 5.82 Å². The van der Waals surface area contributed by atoms with Crippen LogP contribution in [0.5, 0.6) is 11.5 Å². The molecule has 1 aromatic heterocycles. The first-order chi connectivity index (χ1) is 14.1. The van der Waals surface area contributed by atoms with Crippen molar-refractivity contribution < 1.29 is 14.6 Å². The Morgan fingerprint density at radius 1 is 1.38 bits per heavy atom. The number of amides is 1. The Morgan fingerprint density at radius 3 is 3.00 bits per heavy atom. The number of carbonyl (C=O) groups excluding carboxylic acids is 1. The van der Waals surface area contributed by atoms with E-state index in [-0.39, 0.29) is 18.1 Å². The minimum atomic E-state index is -0.456. The maximum absolute atomic E-state index is 12.0. The van der Waals surface area contributed by atoms with Crippen molar-refractivity contribution in [1.29, 1.82) is 5.26 Å². The molecule has 0 bridgehead atoms. The second kappa shape index (κ2) is 9.09. The van der Waals surface area contributed by atoms with Crippen LogP contribution < -0.4 is 10.2 Å². The molecule has 2 aromatic carbocycles. The third kappa shape index (κ3) is 4.92. The number of phenolic OH excluding ortho intramolecular Hbond substituents is 1. The van der Waals surface area contributed by atoms with E-state index in [1.54, 1.807) is 36.4 Å². The number of nitrogens with one attached hydrogen (secondary N) is 1. The van der Waals surface area contributed by atoms with Gasteiger partial charge in [-0.05, 0) is 48.0 Å². The predicted molar refractivity (Wildman–Crippen MR) is 103 cm³/mol. The van der Waals surface area contributed by atoms with E-state index in [4.69, 9.17) is 10.00 Å². The van der Waals surface area contributed by atoms with Gasteiger partial charge in [-0.15, -0.1) is 10.2 Å². The molecule has 1 amide bonds. The van der Waals surface area contributed by atoms with E-state index in [0.29, 0.717) is 29.0 Å². The zero-order chi connectivity index (χ0) is 20.6. The van der Waals surface area contributed by atoms with Crippen LogP contribution in [-0.2, 0) is 11.3 Å².